The fourth-order valence-electron chi connectivity index (χ4n) is 4.88. The van der Waals surface area contributed by atoms with Crippen LogP contribution in [-0.2, 0) is 24.1 Å². The molecule has 0 amide bonds. The standard InChI is InChI=1S/C19H31N3OS/c1-23-12-11-21-9-4-7-19(14-21)8-10-22(15-19)13-18-20-16-5-2-3-6-17(16)24-18/h2-15H2,1H3. The third kappa shape index (κ3) is 3.69. The third-order valence-electron chi connectivity index (χ3n) is 6.12. The highest BCUT2D eigenvalue weighted by Gasteiger charge is 2.41. The second-order valence-corrected chi connectivity index (χ2v) is 9.19. The van der Waals surface area contributed by atoms with E-state index in [1.807, 2.05) is 18.4 Å². The van der Waals surface area contributed by atoms with Gasteiger partial charge in [0.05, 0.1) is 18.8 Å². The van der Waals surface area contributed by atoms with Gasteiger partial charge >= 0.3 is 0 Å². The fraction of sp³-hybridized carbons (Fsp3) is 0.842. The summed E-state index contributed by atoms with van der Waals surface area (Å²) in [6.07, 6.45) is 9.29. The van der Waals surface area contributed by atoms with Gasteiger partial charge < -0.3 is 9.64 Å². The summed E-state index contributed by atoms with van der Waals surface area (Å²) in [5, 5.41) is 1.37. The van der Waals surface area contributed by atoms with Crippen LogP contribution < -0.4 is 0 Å². The van der Waals surface area contributed by atoms with E-state index in [1.165, 1.54) is 81.8 Å². The van der Waals surface area contributed by atoms with Crippen molar-refractivity contribution in [3.63, 3.8) is 0 Å². The van der Waals surface area contributed by atoms with Gasteiger partial charge in [-0.1, -0.05) is 0 Å². The first-order chi connectivity index (χ1) is 11.8. The summed E-state index contributed by atoms with van der Waals surface area (Å²) in [7, 11) is 1.81. The number of likely N-dealkylation sites (tertiary alicyclic amines) is 2. The number of ether oxygens (including phenoxy) is 1. The predicted molar refractivity (Wildman–Crippen MR) is 98.6 cm³/mol. The van der Waals surface area contributed by atoms with E-state index in [9.17, 15) is 0 Å². The lowest BCUT2D eigenvalue weighted by Crippen LogP contribution is -2.45. The molecule has 5 heteroatoms. The van der Waals surface area contributed by atoms with E-state index in [0.717, 1.165) is 19.7 Å². The van der Waals surface area contributed by atoms with Gasteiger partial charge in [-0.05, 0) is 63.5 Å². The molecule has 0 saturated carbocycles. The topological polar surface area (TPSA) is 28.6 Å². The summed E-state index contributed by atoms with van der Waals surface area (Å²) in [6.45, 7) is 8.08. The largest absolute Gasteiger partial charge is 0.383 e. The zero-order valence-corrected chi connectivity index (χ0v) is 15.9. The minimum absolute atomic E-state index is 0.531. The number of hydrogen-bond acceptors (Lipinski definition) is 5. The lowest BCUT2D eigenvalue weighted by molar-refractivity contribution is 0.0673. The van der Waals surface area contributed by atoms with Crippen molar-refractivity contribution in [2.24, 2.45) is 5.41 Å². The SMILES string of the molecule is COCCN1CCCC2(CCN(Cc3nc4c(s3)CCCC4)C2)C1. The minimum atomic E-state index is 0.531. The molecule has 0 aromatic carbocycles. The van der Waals surface area contributed by atoms with E-state index < -0.39 is 0 Å². The van der Waals surface area contributed by atoms with Crippen LogP contribution in [0.4, 0.5) is 0 Å². The Kier molecular flexibility index (Phi) is 5.23. The zero-order chi connectivity index (χ0) is 16.4. The molecule has 2 saturated heterocycles. The van der Waals surface area contributed by atoms with Crippen molar-refractivity contribution in [2.45, 2.75) is 51.5 Å². The molecule has 1 atom stereocenters. The summed E-state index contributed by atoms with van der Waals surface area (Å²) >= 11 is 1.99. The maximum Gasteiger partial charge on any atom is 0.107 e. The van der Waals surface area contributed by atoms with Crippen LogP contribution in [0.3, 0.4) is 0 Å². The number of methoxy groups -OCH3 is 1. The highest BCUT2D eigenvalue weighted by atomic mass is 32.1. The molecule has 2 fully saturated rings. The van der Waals surface area contributed by atoms with Gasteiger partial charge in [-0.3, -0.25) is 4.90 Å². The molecule has 2 aliphatic heterocycles. The first-order valence-corrected chi connectivity index (χ1v) is 10.5. The number of hydrogen-bond donors (Lipinski definition) is 0. The predicted octanol–water partition coefficient (Wildman–Crippen LogP) is 2.96. The van der Waals surface area contributed by atoms with Crippen molar-refractivity contribution in [3.8, 4) is 0 Å². The van der Waals surface area contributed by atoms with Crippen molar-refractivity contribution in [2.75, 3.05) is 46.4 Å². The Morgan fingerprint density at radius 1 is 1.08 bits per heavy atom. The van der Waals surface area contributed by atoms with Crippen LogP contribution >= 0.6 is 11.3 Å². The molecule has 0 bridgehead atoms. The molecule has 1 aromatic rings. The maximum absolute atomic E-state index is 5.28. The summed E-state index contributed by atoms with van der Waals surface area (Å²) in [5.41, 5.74) is 1.95. The van der Waals surface area contributed by atoms with Crippen molar-refractivity contribution < 1.29 is 4.74 Å². The van der Waals surface area contributed by atoms with Crippen molar-refractivity contribution in [3.05, 3.63) is 15.6 Å². The number of rotatable bonds is 5. The van der Waals surface area contributed by atoms with Crippen molar-refractivity contribution in [1.29, 1.82) is 0 Å². The second-order valence-electron chi connectivity index (χ2n) is 8.02. The fourth-order valence-corrected chi connectivity index (χ4v) is 6.08. The van der Waals surface area contributed by atoms with Gasteiger partial charge in [0.1, 0.15) is 5.01 Å². The quantitative estimate of drug-likeness (QED) is 0.817. The van der Waals surface area contributed by atoms with E-state index in [1.54, 1.807) is 4.88 Å². The minimum Gasteiger partial charge on any atom is -0.383 e. The monoisotopic (exact) mass is 349 g/mol. The number of aromatic nitrogens is 1. The van der Waals surface area contributed by atoms with Gasteiger partial charge in [-0.2, -0.15) is 0 Å². The lowest BCUT2D eigenvalue weighted by Gasteiger charge is -2.40. The molecule has 1 spiro atoms. The number of nitrogens with zero attached hydrogens (tertiary/aromatic N) is 3. The number of aryl methyl sites for hydroxylation is 2. The number of thiazole rings is 1. The highest BCUT2D eigenvalue weighted by molar-refractivity contribution is 7.11. The maximum atomic E-state index is 5.28. The highest BCUT2D eigenvalue weighted by Crippen LogP contribution is 2.39. The van der Waals surface area contributed by atoms with E-state index in [2.05, 4.69) is 9.80 Å². The Labute approximate surface area is 150 Å². The molecule has 0 N–H and O–H groups in total. The smallest absolute Gasteiger partial charge is 0.107 e. The normalized spacial score (nSPS) is 28.5. The van der Waals surface area contributed by atoms with E-state index in [-0.39, 0.29) is 0 Å². The van der Waals surface area contributed by atoms with Gasteiger partial charge in [0.2, 0.25) is 0 Å². The molecule has 24 heavy (non-hydrogen) atoms. The Hall–Kier alpha value is -0.490. The molecule has 0 radical (unpaired) electrons. The average Bonchev–Trinajstić information content (AvgIpc) is 3.17. The molecule has 1 aliphatic carbocycles. The first-order valence-electron chi connectivity index (χ1n) is 9.67. The molecular weight excluding hydrogens is 318 g/mol. The zero-order valence-electron chi connectivity index (χ0n) is 15.1. The van der Waals surface area contributed by atoms with Crippen molar-refractivity contribution >= 4 is 11.3 Å². The summed E-state index contributed by atoms with van der Waals surface area (Å²) in [6, 6.07) is 0. The van der Waals surface area contributed by atoms with Gasteiger partial charge in [0.15, 0.2) is 0 Å². The Morgan fingerprint density at radius 3 is 2.83 bits per heavy atom. The molecule has 1 unspecified atom stereocenters. The van der Waals surface area contributed by atoms with Crippen LogP contribution in [0.1, 0.15) is 47.7 Å². The third-order valence-corrected chi connectivity index (χ3v) is 7.26. The molecule has 1 aromatic heterocycles. The van der Waals surface area contributed by atoms with Crippen LogP contribution in [0.2, 0.25) is 0 Å². The number of fused-ring (bicyclic) bond motifs is 1. The second kappa shape index (κ2) is 7.40. The lowest BCUT2D eigenvalue weighted by atomic mass is 9.79. The molecule has 4 nitrogen and oxygen atoms in total. The van der Waals surface area contributed by atoms with Gasteiger partial charge in [-0.25, -0.2) is 4.98 Å². The Morgan fingerprint density at radius 2 is 1.96 bits per heavy atom. The number of piperidine rings is 1. The average molecular weight is 350 g/mol. The first kappa shape index (κ1) is 17.0. The van der Waals surface area contributed by atoms with E-state index in [0.29, 0.717) is 5.41 Å². The van der Waals surface area contributed by atoms with Gasteiger partial charge in [0, 0.05) is 31.6 Å². The molecule has 4 rings (SSSR count). The van der Waals surface area contributed by atoms with Crippen LogP contribution in [-0.4, -0.2) is 61.2 Å². The van der Waals surface area contributed by atoms with Gasteiger partial charge in [-0.15, -0.1) is 11.3 Å². The Balaban J connectivity index is 1.35. The van der Waals surface area contributed by atoms with E-state index >= 15 is 0 Å². The van der Waals surface area contributed by atoms with E-state index in [4.69, 9.17) is 9.72 Å². The summed E-state index contributed by atoms with van der Waals surface area (Å²) in [5.74, 6) is 0. The van der Waals surface area contributed by atoms with Crippen LogP contribution in [0.25, 0.3) is 0 Å². The van der Waals surface area contributed by atoms with Crippen LogP contribution in [0.15, 0.2) is 0 Å². The summed E-state index contributed by atoms with van der Waals surface area (Å²) in [4.78, 5) is 11.8. The van der Waals surface area contributed by atoms with Crippen LogP contribution in [0.5, 0.6) is 0 Å². The molecular formula is C19H31N3OS. The summed E-state index contributed by atoms with van der Waals surface area (Å²) < 4.78 is 5.28. The van der Waals surface area contributed by atoms with Gasteiger partial charge in [0.25, 0.3) is 0 Å². The molecule has 3 aliphatic rings. The van der Waals surface area contributed by atoms with Crippen molar-refractivity contribution in [1.82, 2.24) is 14.8 Å². The van der Waals surface area contributed by atoms with Crippen LogP contribution in [0, 0.1) is 5.41 Å². The molecule has 3 heterocycles. The Bertz CT molecular complexity index is 537. The molecule has 134 valence electrons.